The summed E-state index contributed by atoms with van der Waals surface area (Å²) in [6, 6.07) is 7.72. The molecule has 0 unspecified atom stereocenters. The smallest absolute Gasteiger partial charge is 0.0692 e. The van der Waals surface area contributed by atoms with Gasteiger partial charge in [-0.05, 0) is 11.6 Å². The highest BCUT2D eigenvalue weighted by Crippen LogP contribution is 2.21. The number of hydrogen-bond acceptors (Lipinski definition) is 2. The zero-order valence-electron chi connectivity index (χ0n) is 6.66. The fourth-order valence-electron chi connectivity index (χ4n) is 0.895. The van der Waals surface area contributed by atoms with Crippen molar-refractivity contribution in [1.29, 1.82) is 0 Å². The molecule has 0 aliphatic heterocycles. The predicted molar refractivity (Wildman–Crippen MR) is 51.9 cm³/mol. The lowest BCUT2D eigenvalue weighted by atomic mass is 10.2. The van der Waals surface area contributed by atoms with Crippen molar-refractivity contribution in [1.82, 2.24) is 0 Å². The van der Waals surface area contributed by atoms with Gasteiger partial charge >= 0.3 is 0 Å². The van der Waals surface area contributed by atoms with E-state index in [4.69, 9.17) is 11.5 Å². The first kappa shape index (κ1) is 9.18. The Morgan fingerprint density at radius 1 is 1.42 bits per heavy atom. The maximum absolute atomic E-state index is 8.95. The number of hydrogen-bond donors (Lipinski definition) is 1. The summed E-state index contributed by atoms with van der Waals surface area (Å²) in [7, 11) is 0. The van der Waals surface area contributed by atoms with Gasteiger partial charge in [-0.2, -0.15) is 0 Å². The molecule has 0 heterocycles. The first-order chi connectivity index (χ1) is 5.88. The van der Waals surface area contributed by atoms with E-state index in [1.54, 1.807) is 11.8 Å². The van der Waals surface area contributed by atoms with E-state index in [2.05, 4.69) is 5.92 Å². The molecule has 1 rings (SSSR count). The van der Waals surface area contributed by atoms with Crippen LogP contribution in [0.4, 0.5) is 0 Å². The third kappa shape index (κ3) is 2.30. The van der Waals surface area contributed by atoms with Crippen LogP contribution in [-0.2, 0) is 6.61 Å². The summed E-state index contributed by atoms with van der Waals surface area (Å²) in [5.74, 6) is 3.20. The number of benzene rings is 1. The SMILES string of the molecule is C#CCSc1ccccc1CO. The molecule has 0 aromatic heterocycles. The van der Waals surface area contributed by atoms with Gasteiger partial charge < -0.3 is 5.11 Å². The van der Waals surface area contributed by atoms with Gasteiger partial charge in [0.15, 0.2) is 0 Å². The second-order valence-corrected chi connectivity index (χ2v) is 3.28. The first-order valence-corrected chi connectivity index (χ1v) is 4.62. The molecule has 0 saturated heterocycles. The molecule has 0 radical (unpaired) electrons. The van der Waals surface area contributed by atoms with Crippen LogP contribution < -0.4 is 0 Å². The van der Waals surface area contributed by atoms with Gasteiger partial charge in [-0.15, -0.1) is 18.2 Å². The topological polar surface area (TPSA) is 20.2 Å². The Balaban J connectivity index is 2.76. The summed E-state index contributed by atoms with van der Waals surface area (Å²) in [5.41, 5.74) is 0.942. The molecule has 0 aliphatic rings. The van der Waals surface area contributed by atoms with Gasteiger partial charge in [0.25, 0.3) is 0 Å². The van der Waals surface area contributed by atoms with Crippen LogP contribution in [0.2, 0.25) is 0 Å². The van der Waals surface area contributed by atoms with Crippen molar-refractivity contribution in [3.05, 3.63) is 29.8 Å². The zero-order valence-corrected chi connectivity index (χ0v) is 7.47. The predicted octanol–water partition coefficient (Wildman–Crippen LogP) is 1.90. The van der Waals surface area contributed by atoms with E-state index in [0.29, 0.717) is 5.75 Å². The van der Waals surface area contributed by atoms with Crippen LogP contribution in [0.3, 0.4) is 0 Å². The lowest BCUT2D eigenvalue weighted by Crippen LogP contribution is -1.86. The Hall–Kier alpha value is -0.910. The Bertz CT molecular complexity index is 288. The maximum atomic E-state index is 8.95. The molecule has 1 aromatic carbocycles. The standard InChI is InChI=1S/C10H10OS/c1-2-7-12-10-6-4-3-5-9(10)8-11/h1,3-6,11H,7-8H2. The van der Waals surface area contributed by atoms with Crippen molar-refractivity contribution in [2.45, 2.75) is 11.5 Å². The van der Waals surface area contributed by atoms with Gasteiger partial charge in [0.2, 0.25) is 0 Å². The van der Waals surface area contributed by atoms with Crippen LogP contribution in [0, 0.1) is 12.3 Å². The van der Waals surface area contributed by atoms with E-state index < -0.39 is 0 Å². The largest absolute Gasteiger partial charge is 0.392 e. The van der Waals surface area contributed by atoms with Gasteiger partial charge in [0.1, 0.15) is 0 Å². The third-order valence-corrected chi connectivity index (χ3v) is 2.47. The van der Waals surface area contributed by atoms with Crippen molar-refractivity contribution in [2.24, 2.45) is 0 Å². The summed E-state index contributed by atoms with van der Waals surface area (Å²) >= 11 is 1.58. The highest BCUT2D eigenvalue weighted by molar-refractivity contribution is 7.99. The van der Waals surface area contributed by atoms with E-state index in [9.17, 15) is 0 Å². The summed E-state index contributed by atoms with van der Waals surface area (Å²) in [6.45, 7) is 0.0771. The van der Waals surface area contributed by atoms with Crippen LogP contribution in [0.1, 0.15) is 5.56 Å². The average molecular weight is 178 g/mol. The summed E-state index contributed by atoms with van der Waals surface area (Å²) in [4.78, 5) is 1.07. The fraction of sp³-hybridized carbons (Fsp3) is 0.200. The summed E-state index contributed by atoms with van der Waals surface area (Å²) in [5, 5.41) is 8.95. The molecule has 0 saturated carbocycles. The van der Waals surface area contributed by atoms with E-state index in [-0.39, 0.29) is 6.61 Å². The lowest BCUT2D eigenvalue weighted by molar-refractivity contribution is 0.279. The van der Waals surface area contributed by atoms with E-state index in [0.717, 1.165) is 10.5 Å². The monoisotopic (exact) mass is 178 g/mol. The molecule has 0 spiro atoms. The van der Waals surface area contributed by atoms with Crippen LogP contribution in [-0.4, -0.2) is 10.9 Å². The first-order valence-electron chi connectivity index (χ1n) is 3.63. The number of thioether (sulfide) groups is 1. The van der Waals surface area contributed by atoms with Gasteiger partial charge in [-0.3, -0.25) is 0 Å². The van der Waals surface area contributed by atoms with E-state index >= 15 is 0 Å². The Labute approximate surface area is 76.8 Å². The summed E-state index contributed by atoms with van der Waals surface area (Å²) in [6.07, 6.45) is 5.13. The molecule has 0 fully saturated rings. The maximum Gasteiger partial charge on any atom is 0.0692 e. The lowest BCUT2D eigenvalue weighted by Gasteiger charge is -2.03. The second kappa shape index (κ2) is 4.87. The molecule has 1 N–H and O–H groups in total. The van der Waals surface area contributed by atoms with E-state index in [1.165, 1.54) is 0 Å². The van der Waals surface area contributed by atoms with Crippen LogP contribution in [0.25, 0.3) is 0 Å². The van der Waals surface area contributed by atoms with Gasteiger partial charge in [-0.1, -0.05) is 24.1 Å². The molecule has 0 aliphatic carbocycles. The fourth-order valence-corrected chi connectivity index (χ4v) is 1.63. The van der Waals surface area contributed by atoms with Crippen molar-refractivity contribution in [2.75, 3.05) is 5.75 Å². The highest BCUT2D eigenvalue weighted by atomic mass is 32.2. The minimum absolute atomic E-state index is 0.0771. The molecule has 1 nitrogen and oxygen atoms in total. The molecule has 0 amide bonds. The average Bonchev–Trinajstić information content (AvgIpc) is 2.15. The quantitative estimate of drug-likeness (QED) is 0.563. The number of terminal acetylenes is 1. The normalized spacial score (nSPS) is 9.33. The minimum atomic E-state index is 0.0771. The van der Waals surface area contributed by atoms with E-state index in [1.807, 2.05) is 24.3 Å². The molecule has 1 aromatic rings. The third-order valence-electron chi connectivity index (χ3n) is 1.45. The number of rotatable bonds is 3. The second-order valence-electron chi connectivity index (χ2n) is 2.26. The van der Waals surface area contributed by atoms with Crippen LogP contribution >= 0.6 is 11.8 Å². The summed E-state index contributed by atoms with van der Waals surface area (Å²) < 4.78 is 0. The van der Waals surface area contributed by atoms with Crippen molar-refractivity contribution in [3.63, 3.8) is 0 Å². The highest BCUT2D eigenvalue weighted by Gasteiger charge is 1.98. The molecule has 12 heavy (non-hydrogen) atoms. The number of aliphatic hydroxyl groups excluding tert-OH is 1. The minimum Gasteiger partial charge on any atom is -0.392 e. The van der Waals surface area contributed by atoms with Crippen molar-refractivity contribution < 1.29 is 5.11 Å². The molecule has 62 valence electrons. The van der Waals surface area contributed by atoms with Gasteiger partial charge in [0.05, 0.1) is 12.4 Å². The van der Waals surface area contributed by atoms with Crippen molar-refractivity contribution in [3.8, 4) is 12.3 Å². The van der Waals surface area contributed by atoms with Crippen LogP contribution in [0.15, 0.2) is 29.2 Å². The Kier molecular flexibility index (Phi) is 3.72. The van der Waals surface area contributed by atoms with Gasteiger partial charge in [-0.25, -0.2) is 0 Å². The molecular formula is C10H10OS. The number of aliphatic hydroxyl groups is 1. The molecule has 2 heteroatoms. The molecular weight excluding hydrogens is 168 g/mol. The Morgan fingerprint density at radius 2 is 2.17 bits per heavy atom. The van der Waals surface area contributed by atoms with Gasteiger partial charge in [0, 0.05) is 4.90 Å². The van der Waals surface area contributed by atoms with Crippen LogP contribution in [0.5, 0.6) is 0 Å². The zero-order chi connectivity index (χ0) is 8.81. The molecule has 0 bridgehead atoms. The van der Waals surface area contributed by atoms with Crippen molar-refractivity contribution >= 4 is 11.8 Å². The molecule has 0 atom stereocenters. The Morgan fingerprint density at radius 3 is 2.83 bits per heavy atom.